The number of rotatable bonds is 6. The third kappa shape index (κ3) is 6.26. The van der Waals surface area contributed by atoms with Gasteiger partial charge in [-0.2, -0.15) is 0 Å². The molecule has 326 valence electrons. The van der Waals surface area contributed by atoms with Crippen molar-refractivity contribution in [2.45, 2.75) is 180 Å². The van der Waals surface area contributed by atoms with Gasteiger partial charge in [-0.1, -0.05) is 60.1 Å². The Bertz CT molecular complexity index is 1550. The third-order valence-corrected chi connectivity index (χ3v) is 17.4. The molecule has 0 aromatic rings. The molecule has 2 aliphatic heterocycles. The van der Waals surface area contributed by atoms with Gasteiger partial charge in [0.1, 0.15) is 48.8 Å². The van der Waals surface area contributed by atoms with Crippen molar-refractivity contribution in [2.75, 3.05) is 13.2 Å². The molecule has 0 aromatic carbocycles. The number of carbonyl (C=O) groups excluding carboxylic acids is 1. The summed E-state index contributed by atoms with van der Waals surface area (Å²) in [4.78, 5) is 14.6. The zero-order valence-corrected chi connectivity index (χ0v) is 34.4. The van der Waals surface area contributed by atoms with Crippen molar-refractivity contribution in [3.8, 4) is 0 Å². The minimum absolute atomic E-state index is 0.0512. The maximum atomic E-state index is 14.6. The number of aliphatic hydroxyl groups is 10. The number of ether oxygens (including phenoxy) is 4. The molecule has 0 amide bonds. The van der Waals surface area contributed by atoms with Crippen LogP contribution in [-0.2, 0) is 23.7 Å². The second-order valence-electron chi connectivity index (χ2n) is 20.8. The molecule has 20 atom stereocenters. The standard InChI is InChI=1S/C42H68O15/c1-37(2)12-14-42(36(53)57-35-31(51)29(49)27(47)22(18-44)55-35)15-13-40(6)19(25(42)32(37)52)8-9-24-39(5)16-20(45)33(38(3,4)23(39)10-11-41(24,40)7)56-34-30(50)28(48)26(46)21(17-43)54-34/h8,20-35,43-52H,9-18H2,1-7H3. The first-order valence-electron chi connectivity index (χ1n) is 21.0. The zero-order valence-electron chi connectivity index (χ0n) is 34.4. The normalized spacial score (nSPS) is 54.3. The quantitative estimate of drug-likeness (QED) is 0.0981. The first-order valence-corrected chi connectivity index (χ1v) is 21.0. The molecule has 4 saturated carbocycles. The SMILES string of the molecule is CC1(C)CCC2(C(=O)OC3OC(CO)C(O)C(O)C3O)CCC3(C)C(=CCC4C5(C)CC(O)C(OC6OC(CO)C(O)C(O)C6O)C(C)(C)C5CCC43C)C2C1O. The second kappa shape index (κ2) is 14.7. The van der Waals surface area contributed by atoms with Crippen molar-refractivity contribution in [1.29, 1.82) is 0 Å². The molecule has 0 spiro atoms. The van der Waals surface area contributed by atoms with E-state index in [2.05, 4.69) is 40.7 Å². The molecule has 7 rings (SSSR count). The van der Waals surface area contributed by atoms with Crippen LogP contribution in [0.4, 0.5) is 0 Å². The number of hydrogen-bond donors (Lipinski definition) is 10. The molecular weight excluding hydrogens is 744 g/mol. The predicted octanol–water partition coefficient (Wildman–Crippen LogP) is 0.258. The summed E-state index contributed by atoms with van der Waals surface area (Å²) >= 11 is 0. The van der Waals surface area contributed by atoms with Gasteiger partial charge in [-0.15, -0.1) is 0 Å². The minimum Gasteiger partial charge on any atom is -0.432 e. The van der Waals surface area contributed by atoms with E-state index < -0.39 is 132 Å². The lowest BCUT2D eigenvalue weighted by Crippen LogP contribution is -2.69. The predicted molar refractivity (Wildman–Crippen MR) is 200 cm³/mol. The monoisotopic (exact) mass is 812 g/mol. The number of hydrogen-bond acceptors (Lipinski definition) is 15. The van der Waals surface area contributed by atoms with E-state index in [-0.39, 0.29) is 17.3 Å². The lowest BCUT2D eigenvalue weighted by Gasteiger charge is -2.72. The first kappa shape index (κ1) is 43.8. The van der Waals surface area contributed by atoms with Gasteiger partial charge >= 0.3 is 5.97 Å². The molecule has 57 heavy (non-hydrogen) atoms. The van der Waals surface area contributed by atoms with Gasteiger partial charge in [0, 0.05) is 5.92 Å². The number of allylic oxidation sites excluding steroid dienone is 1. The maximum absolute atomic E-state index is 14.6. The largest absolute Gasteiger partial charge is 0.432 e. The number of aliphatic hydroxyl groups excluding tert-OH is 10. The summed E-state index contributed by atoms with van der Waals surface area (Å²) in [5, 5.41) is 107. The molecule has 7 aliphatic rings. The van der Waals surface area contributed by atoms with Crippen LogP contribution in [-0.4, -0.2) is 150 Å². The Kier molecular flexibility index (Phi) is 11.3. The molecule has 2 heterocycles. The summed E-state index contributed by atoms with van der Waals surface area (Å²) in [6.07, 6.45) is -11.1. The van der Waals surface area contributed by atoms with Gasteiger partial charge in [0.05, 0.1) is 36.9 Å². The Morgan fingerprint density at radius 2 is 1.28 bits per heavy atom. The average Bonchev–Trinajstić information content (AvgIpc) is 3.14. The molecule has 0 aromatic heterocycles. The number of esters is 1. The highest BCUT2D eigenvalue weighted by molar-refractivity contribution is 5.79. The van der Waals surface area contributed by atoms with Gasteiger partial charge in [0.15, 0.2) is 6.29 Å². The van der Waals surface area contributed by atoms with Crippen LogP contribution in [0.25, 0.3) is 0 Å². The van der Waals surface area contributed by atoms with Gasteiger partial charge in [-0.05, 0) is 90.3 Å². The highest BCUT2D eigenvalue weighted by Crippen LogP contribution is 2.76. The smallest absolute Gasteiger partial charge is 0.315 e. The Hall–Kier alpha value is -1.31. The molecule has 20 unspecified atom stereocenters. The van der Waals surface area contributed by atoms with Crippen molar-refractivity contribution in [3.63, 3.8) is 0 Å². The van der Waals surface area contributed by atoms with Crippen molar-refractivity contribution in [1.82, 2.24) is 0 Å². The highest BCUT2D eigenvalue weighted by atomic mass is 16.7. The van der Waals surface area contributed by atoms with E-state index in [1.165, 1.54) is 0 Å². The van der Waals surface area contributed by atoms with Crippen LogP contribution in [0.15, 0.2) is 11.6 Å². The molecule has 5 aliphatic carbocycles. The number of fused-ring (bicyclic) bond motifs is 7. The second-order valence-corrected chi connectivity index (χ2v) is 20.8. The summed E-state index contributed by atoms with van der Waals surface area (Å²) in [6, 6.07) is 0. The van der Waals surface area contributed by atoms with E-state index in [1.54, 1.807) is 0 Å². The summed E-state index contributed by atoms with van der Waals surface area (Å²) in [5.74, 6) is -1.14. The lowest BCUT2D eigenvalue weighted by molar-refractivity contribution is -0.341. The lowest BCUT2D eigenvalue weighted by atomic mass is 9.33. The maximum Gasteiger partial charge on any atom is 0.315 e. The molecular formula is C42H68O15. The van der Waals surface area contributed by atoms with E-state index in [4.69, 9.17) is 18.9 Å². The van der Waals surface area contributed by atoms with Crippen LogP contribution in [0.1, 0.15) is 99.8 Å². The fourth-order valence-corrected chi connectivity index (χ4v) is 13.7. The summed E-state index contributed by atoms with van der Waals surface area (Å²) < 4.78 is 23.6. The van der Waals surface area contributed by atoms with E-state index in [9.17, 15) is 55.9 Å². The molecule has 6 fully saturated rings. The van der Waals surface area contributed by atoms with Gasteiger partial charge in [0.2, 0.25) is 6.29 Å². The van der Waals surface area contributed by atoms with Crippen molar-refractivity contribution >= 4 is 5.97 Å². The topological polar surface area (TPSA) is 256 Å². The first-order chi connectivity index (χ1) is 26.5. The summed E-state index contributed by atoms with van der Waals surface area (Å²) in [5.41, 5.74) is -2.51. The average molecular weight is 813 g/mol. The Morgan fingerprint density at radius 3 is 1.88 bits per heavy atom. The molecule has 10 N–H and O–H groups in total. The highest BCUT2D eigenvalue weighted by Gasteiger charge is 2.72. The van der Waals surface area contributed by atoms with Gasteiger partial charge in [0.25, 0.3) is 0 Å². The minimum atomic E-state index is -1.75. The fourth-order valence-electron chi connectivity index (χ4n) is 13.7. The van der Waals surface area contributed by atoms with E-state index in [0.29, 0.717) is 38.5 Å². The Balaban J connectivity index is 1.19. The molecule has 15 heteroatoms. The van der Waals surface area contributed by atoms with E-state index >= 15 is 0 Å². The van der Waals surface area contributed by atoms with E-state index in [1.807, 2.05) is 13.8 Å². The van der Waals surface area contributed by atoms with Crippen LogP contribution >= 0.6 is 0 Å². The van der Waals surface area contributed by atoms with Crippen molar-refractivity contribution in [3.05, 3.63) is 11.6 Å². The Morgan fingerprint density at radius 1 is 0.719 bits per heavy atom. The summed E-state index contributed by atoms with van der Waals surface area (Å²) in [7, 11) is 0. The van der Waals surface area contributed by atoms with Crippen LogP contribution in [0, 0.1) is 50.2 Å². The van der Waals surface area contributed by atoms with Crippen molar-refractivity contribution in [2.24, 2.45) is 50.2 Å². The van der Waals surface area contributed by atoms with Gasteiger partial charge < -0.3 is 70.0 Å². The fraction of sp³-hybridized carbons (Fsp3) is 0.929. The van der Waals surface area contributed by atoms with E-state index in [0.717, 1.165) is 18.4 Å². The van der Waals surface area contributed by atoms with Crippen LogP contribution in [0.5, 0.6) is 0 Å². The zero-order chi connectivity index (χ0) is 42.0. The van der Waals surface area contributed by atoms with Gasteiger partial charge in [-0.3, -0.25) is 4.79 Å². The molecule has 2 saturated heterocycles. The van der Waals surface area contributed by atoms with Crippen LogP contribution < -0.4 is 0 Å². The van der Waals surface area contributed by atoms with Crippen LogP contribution in [0.3, 0.4) is 0 Å². The molecule has 15 nitrogen and oxygen atoms in total. The van der Waals surface area contributed by atoms with Crippen molar-refractivity contribution < 1.29 is 74.8 Å². The summed E-state index contributed by atoms with van der Waals surface area (Å²) in [6.45, 7) is 13.7. The Labute approximate surface area is 335 Å². The molecule has 0 bridgehead atoms. The molecule has 0 radical (unpaired) electrons. The van der Waals surface area contributed by atoms with Gasteiger partial charge in [-0.25, -0.2) is 0 Å². The third-order valence-electron chi connectivity index (χ3n) is 17.4. The number of carbonyl (C=O) groups is 1. The van der Waals surface area contributed by atoms with Crippen LogP contribution in [0.2, 0.25) is 0 Å².